The lowest BCUT2D eigenvalue weighted by Gasteiger charge is -2.25. The number of likely N-dealkylation sites (tertiary alicyclic amines) is 1. The lowest BCUT2D eigenvalue weighted by Crippen LogP contribution is -2.28. The Morgan fingerprint density at radius 2 is 1.63 bits per heavy atom. The van der Waals surface area contributed by atoms with E-state index in [9.17, 15) is 4.79 Å². The van der Waals surface area contributed by atoms with Crippen LogP contribution in [0.2, 0.25) is 0 Å². The Balaban J connectivity index is 1.50. The quantitative estimate of drug-likeness (QED) is 0.437. The highest BCUT2D eigenvalue weighted by molar-refractivity contribution is 5.80. The van der Waals surface area contributed by atoms with Gasteiger partial charge in [-0.3, -0.25) is 4.79 Å². The van der Waals surface area contributed by atoms with Gasteiger partial charge in [-0.2, -0.15) is 4.98 Å². The number of amides is 1. The Morgan fingerprint density at radius 1 is 0.943 bits per heavy atom. The zero-order valence-electron chi connectivity index (χ0n) is 20.9. The number of hydrogen-bond acceptors (Lipinski definition) is 8. The molecule has 35 heavy (non-hydrogen) atoms. The number of ether oxygens (including phenoxy) is 4. The number of carbonyl (C=O) groups is 1. The molecule has 2 atom stereocenters. The third-order valence-electron chi connectivity index (χ3n) is 6.09. The number of hydrogen-bond donors (Lipinski definition) is 0. The molecule has 2 unspecified atom stereocenters. The van der Waals surface area contributed by atoms with Crippen LogP contribution < -0.4 is 18.9 Å². The molecule has 0 radical (unpaired) electrons. The molecular weight excluding hydrogens is 450 g/mol. The van der Waals surface area contributed by atoms with Crippen LogP contribution in [0.15, 0.2) is 40.9 Å². The van der Waals surface area contributed by atoms with E-state index >= 15 is 0 Å². The van der Waals surface area contributed by atoms with E-state index in [2.05, 4.69) is 10.1 Å². The second-order valence-electron chi connectivity index (χ2n) is 8.73. The maximum atomic E-state index is 12.9. The van der Waals surface area contributed by atoms with Crippen LogP contribution in [0.4, 0.5) is 0 Å². The molecule has 0 aliphatic carbocycles. The Bertz CT molecular complexity index is 1190. The molecule has 9 nitrogen and oxygen atoms in total. The van der Waals surface area contributed by atoms with Crippen LogP contribution in [0.1, 0.15) is 50.6 Å². The molecule has 0 spiro atoms. The SMILES string of the molecule is COc1ccc(C(C)N2CC(c3nc(-c4ccc(OC(C)C)c(OC)c4)no3)CC2=O)cc1OC. The number of aromatic nitrogens is 2. The van der Waals surface area contributed by atoms with E-state index in [-0.39, 0.29) is 24.0 Å². The van der Waals surface area contributed by atoms with Crippen molar-refractivity contribution in [2.24, 2.45) is 0 Å². The smallest absolute Gasteiger partial charge is 0.232 e. The van der Waals surface area contributed by atoms with Crippen LogP contribution in [-0.4, -0.2) is 54.9 Å². The molecule has 0 saturated carbocycles. The summed E-state index contributed by atoms with van der Waals surface area (Å²) in [5, 5.41) is 4.15. The van der Waals surface area contributed by atoms with Gasteiger partial charge in [0.15, 0.2) is 23.0 Å². The normalized spacial score (nSPS) is 16.5. The van der Waals surface area contributed by atoms with Gasteiger partial charge >= 0.3 is 0 Å². The summed E-state index contributed by atoms with van der Waals surface area (Å²) in [5.74, 6) is 3.25. The third kappa shape index (κ3) is 5.03. The molecule has 2 heterocycles. The monoisotopic (exact) mass is 481 g/mol. The average Bonchev–Trinajstić information content (AvgIpc) is 3.50. The highest BCUT2D eigenvalue weighted by Gasteiger charge is 2.37. The van der Waals surface area contributed by atoms with Crippen molar-refractivity contribution in [3.63, 3.8) is 0 Å². The molecule has 186 valence electrons. The first kappa shape index (κ1) is 24.4. The fraction of sp³-hybridized carbons (Fsp3) is 0.423. The largest absolute Gasteiger partial charge is 0.493 e. The summed E-state index contributed by atoms with van der Waals surface area (Å²) in [4.78, 5) is 19.3. The van der Waals surface area contributed by atoms with Crippen molar-refractivity contribution in [1.29, 1.82) is 0 Å². The summed E-state index contributed by atoms with van der Waals surface area (Å²) in [6.07, 6.45) is 0.333. The van der Waals surface area contributed by atoms with Crippen molar-refractivity contribution < 1.29 is 28.3 Å². The molecule has 9 heteroatoms. The van der Waals surface area contributed by atoms with Crippen molar-refractivity contribution in [1.82, 2.24) is 15.0 Å². The fourth-order valence-electron chi connectivity index (χ4n) is 4.24. The van der Waals surface area contributed by atoms with Gasteiger partial charge in [0.1, 0.15) is 0 Å². The number of methoxy groups -OCH3 is 3. The first-order valence-corrected chi connectivity index (χ1v) is 11.5. The highest BCUT2D eigenvalue weighted by atomic mass is 16.5. The predicted molar refractivity (Wildman–Crippen MR) is 129 cm³/mol. The molecule has 1 fully saturated rings. The minimum absolute atomic E-state index is 0.0239. The van der Waals surface area contributed by atoms with E-state index in [1.807, 2.05) is 62.1 Å². The van der Waals surface area contributed by atoms with Crippen molar-refractivity contribution in [2.45, 2.75) is 45.3 Å². The van der Waals surface area contributed by atoms with E-state index in [1.54, 1.807) is 21.3 Å². The Kier molecular flexibility index (Phi) is 7.14. The molecule has 1 amide bonds. The first-order chi connectivity index (χ1) is 16.8. The minimum atomic E-state index is -0.184. The standard InChI is InChI=1S/C26H31N3O6/c1-15(2)34-21-10-8-18(12-23(21)33-6)25-27-26(35-28-25)19-13-24(30)29(14-19)16(3)17-7-9-20(31-4)22(11-17)32-5/h7-12,15-16,19H,13-14H2,1-6H3. The van der Waals surface area contributed by atoms with Gasteiger partial charge in [-0.15, -0.1) is 0 Å². The van der Waals surface area contributed by atoms with Gasteiger partial charge in [-0.1, -0.05) is 11.2 Å². The van der Waals surface area contributed by atoms with Crippen molar-refractivity contribution in [2.75, 3.05) is 27.9 Å². The molecule has 1 saturated heterocycles. The van der Waals surface area contributed by atoms with Crippen LogP contribution in [0, 0.1) is 0 Å². The Hall–Kier alpha value is -3.75. The molecule has 1 aliphatic rings. The number of nitrogens with zero attached hydrogens (tertiary/aromatic N) is 3. The lowest BCUT2D eigenvalue weighted by atomic mass is 10.1. The van der Waals surface area contributed by atoms with E-state index in [4.69, 9.17) is 23.5 Å². The summed E-state index contributed by atoms with van der Waals surface area (Å²) >= 11 is 0. The van der Waals surface area contributed by atoms with Crippen LogP contribution >= 0.6 is 0 Å². The van der Waals surface area contributed by atoms with Gasteiger partial charge in [-0.25, -0.2) is 0 Å². The Labute approximate surface area is 204 Å². The van der Waals surface area contributed by atoms with Gasteiger partial charge < -0.3 is 28.4 Å². The number of carbonyl (C=O) groups excluding carboxylic acids is 1. The van der Waals surface area contributed by atoms with Crippen LogP contribution in [-0.2, 0) is 4.79 Å². The van der Waals surface area contributed by atoms with E-state index in [0.717, 1.165) is 11.1 Å². The van der Waals surface area contributed by atoms with Crippen molar-refractivity contribution >= 4 is 5.91 Å². The third-order valence-corrected chi connectivity index (χ3v) is 6.09. The predicted octanol–water partition coefficient (Wildman–Crippen LogP) is 4.63. The van der Waals surface area contributed by atoms with Crippen molar-refractivity contribution in [3.8, 4) is 34.4 Å². The maximum absolute atomic E-state index is 12.9. The van der Waals surface area contributed by atoms with E-state index < -0.39 is 0 Å². The van der Waals surface area contributed by atoms with Crippen LogP contribution in [0.25, 0.3) is 11.4 Å². The summed E-state index contributed by atoms with van der Waals surface area (Å²) in [6.45, 7) is 6.39. The fourth-order valence-corrected chi connectivity index (χ4v) is 4.24. The Morgan fingerprint density at radius 3 is 2.31 bits per heavy atom. The maximum Gasteiger partial charge on any atom is 0.232 e. The lowest BCUT2D eigenvalue weighted by molar-refractivity contribution is -0.129. The number of rotatable bonds is 9. The van der Waals surface area contributed by atoms with Crippen molar-refractivity contribution in [3.05, 3.63) is 47.9 Å². The number of benzene rings is 2. The second kappa shape index (κ2) is 10.2. The molecule has 0 N–H and O–H groups in total. The van der Waals surface area contributed by atoms with Gasteiger partial charge in [0.05, 0.1) is 39.4 Å². The summed E-state index contributed by atoms with van der Waals surface area (Å²) in [7, 11) is 4.78. The topological polar surface area (TPSA) is 96.2 Å². The summed E-state index contributed by atoms with van der Waals surface area (Å²) < 4.78 is 27.5. The molecule has 4 rings (SSSR count). The molecule has 2 aromatic carbocycles. The molecule has 1 aliphatic heterocycles. The second-order valence-corrected chi connectivity index (χ2v) is 8.73. The van der Waals surface area contributed by atoms with Crippen LogP contribution in [0.3, 0.4) is 0 Å². The minimum Gasteiger partial charge on any atom is -0.493 e. The van der Waals surface area contributed by atoms with E-state index in [1.165, 1.54) is 0 Å². The van der Waals surface area contributed by atoms with Crippen LogP contribution in [0.5, 0.6) is 23.0 Å². The summed E-state index contributed by atoms with van der Waals surface area (Å²) in [6, 6.07) is 11.0. The van der Waals surface area contributed by atoms with E-state index in [0.29, 0.717) is 47.7 Å². The summed E-state index contributed by atoms with van der Waals surface area (Å²) in [5.41, 5.74) is 1.70. The zero-order chi connectivity index (χ0) is 25.1. The molecule has 0 bridgehead atoms. The molecule has 3 aromatic rings. The zero-order valence-corrected chi connectivity index (χ0v) is 20.9. The van der Waals surface area contributed by atoms with Gasteiger partial charge in [0.2, 0.25) is 17.6 Å². The van der Waals surface area contributed by atoms with Gasteiger partial charge in [0, 0.05) is 18.5 Å². The highest BCUT2D eigenvalue weighted by Crippen LogP contribution is 2.37. The molecular formula is C26H31N3O6. The first-order valence-electron chi connectivity index (χ1n) is 11.5. The average molecular weight is 482 g/mol. The molecule has 1 aromatic heterocycles. The van der Waals surface area contributed by atoms with Gasteiger partial charge in [-0.05, 0) is 56.7 Å². The van der Waals surface area contributed by atoms with Gasteiger partial charge in [0.25, 0.3) is 0 Å².